The Hall–Kier alpha value is -1.26. The van der Waals surface area contributed by atoms with Gasteiger partial charge in [0.1, 0.15) is 5.70 Å². The van der Waals surface area contributed by atoms with Crippen molar-refractivity contribution in [3.8, 4) is 0 Å². The molecule has 0 aliphatic rings. The van der Waals surface area contributed by atoms with Crippen LogP contribution in [0.4, 0.5) is 0 Å². The predicted molar refractivity (Wildman–Crippen MR) is 53.5 cm³/mol. The number of methoxy groups -OCH3 is 1. The van der Waals surface area contributed by atoms with Crippen LogP contribution in [0.5, 0.6) is 0 Å². The molecule has 0 rings (SSSR count). The summed E-state index contributed by atoms with van der Waals surface area (Å²) < 4.78 is 15.3. The predicted octanol–water partition coefficient (Wildman–Crippen LogP) is -0.0434. The average molecular weight is 234 g/mol. The summed E-state index contributed by atoms with van der Waals surface area (Å²) in [7, 11) is -0.625. The largest absolute Gasteiger partial charge is 0.464 e. The number of nitrogens with one attached hydrogen (secondary N) is 1. The molecule has 1 atom stereocenters. The molecule has 0 bridgehead atoms. The number of aliphatic hydroxyl groups is 1. The number of esters is 1. The summed E-state index contributed by atoms with van der Waals surface area (Å²) in [6, 6.07) is 0. The van der Waals surface area contributed by atoms with Crippen molar-refractivity contribution in [3.05, 3.63) is 11.8 Å². The first kappa shape index (κ1) is 13.7. The smallest absolute Gasteiger partial charge is 0.370 e. The molecule has 0 radical (unpaired) electrons. The summed E-state index contributed by atoms with van der Waals surface area (Å²) in [6.07, 6.45) is 0.819. The first-order chi connectivity index (χ1) is 7.01. The van der Waals surface area contributed by atoms with Crippen molar-refractivity contribution in [1.82, 2.24) is 5.32 Å². The monoisotopic (exact) mass is 234 g/mol. The Morgan fingerprint density at radius 3 is 2.53 bits per heavy atom. The molecule has 0 saturated carbocycles. The standard InChI is InChI=1S/C8H12NO5P/c1-6(11)9-7(8(12)14-2)3-4-15(13)5-10/h3,10H,4-5H2,1-2H3/p+1. The number of hydrogen-bond donors (Lipinski definition) is 2. The molecule has 0 aliphatic carbocycles. The van der Waals surface area contributed by atoms with Crippen LogP contribution in [0.2, 0.25) is 0 Å². The van der Waals surface area contributed by atoms with Crippen LogP contribution in [-0.2, 0) is 18.9 Å². The molecule has 0 aromatic heterocycles. The van der Waals surface area contributed by atoms with Crippen LogP contribution in [-0.4, -0.2) is 36.6 Å². The molecule has 2 N–H and O–H groups in total. The zero-order valence-corrected chi connectivity index (χ0v) is 9.41. The molecule has 0 fully saturated rings. The Morgan fingerprint density at radius 1 is 1.53 bits per heavy atom. The summed E-state index contributed by atoms with van der Waals surface area (Å²) in [5, 5.41) is 10.8. The van der Waals surface area contributed by atoms with E-state index in [0.29, 0.717) is 0 Å². The highest BCUT2D eigenvalue weighted by molar-refractivity contribution is 7.44. The van der Waals surface area contributed by atoms with E-state index < -0.39 is 26.0 Å². The first-order valence-corrected chi connectivity index (χ1v) is 5.73. The Bertz CT molecular complexity index is 299. The summed E-state index contributed by atoms with van der Waals surface area (Å²) in [6.45, 7) is 1.24. The lowest BCUT2D eigenvalue weighted by Crippen LogP contribution is -2.26. The number of carbonyl (C=O) groups is 2. The van der Waals surface area contributed by atoms with Crippen molar-refractivity contribution < 1.29 is 24.0 Å². The van der Waals surface area contributed by atoms with Crippen molar-refractivity contribution >= 4 is 19.7 Å². The van der Waals surface area contributed by atoms with Crippen LogP contribution in [0.15, 0.2) is 11.8 Å². The Kier molecular flexibility index (Phi) is 6.49. The molecule has 0 saturated heterocycles. The van der Waals surface area contributed by atoms with E-state index in [1.807, 2.05) is 0 Å². The Balaban J connectivity index is 4.54. The minimum atomic E-state index is -1.80. The lowest BCUT2D eigenvalue weighted by atomic mass is 10.4. The van der Waals surface area contributed by atoms with Crippen LogP contribution < -0.4 is 5.32 Å². The minimum absolute atomic E-state index is 0.0105. The molecule has 6 nitrogen and oxygen atoms in total. The van der Waals surface area contributed by atoms with E-state index in [9.17, 15) is 14.2 Å². The molecule has 0 aliphatic heterocycles. The molecular formula is C8H13NO5P+. The van der Waals surface area contributed by atoms with E-state index in [0.717, 1.165) is 0 Å². The molecule has 1 unspecified atom stereocenters. The quantitative estimate of drug-likeness (QED) is 0.395. The first-order valence-electron chi connectivity index (χ1n) is 4.10. The van der Waals surface area contributed by atoms with Crippen molar-refractivity contribution in [2.45, 2.75) is 6.92 Å². The second-order valence-electron chi connectivity index (χ2n) is 2.60. The molecular weight excluding hydrogens is 221 g/mol. The van der Waals surface area contributed by atoms with Gasteiger partial charge >= 0.3 is 13.8 Å². The van der Waals surface area contributed by atoms with Gasteiger partial charge in [-0.05, 0) is 6.08 Å². The van der Waals surface area contributed by atoms with Gasteiger partial charge in [-0.25, -0.2) is 4.79 Å². The lowest BCUT2D eigenvalue weighted by molar-refractivity contribution is -0.137. The number of allylic oxidation sites excluding steroid dienone is 1. The summed E-state index contributed by atoms with van der Waals surface area (Å²) in [5.74, 6) is -1.14. The lowest BCUT2D eigenvalue weighted by Gasteiger charge is -2.03. The van der Waals surface area contributed by atoms with Crippen molar-refractivity contribution in [1.29, 1.82) is 0 Å². The van der Waals surface area contributed by atoms with E-state index >= 15 is 0 Å². The maximum atomic E-state index is 11.1. The molecule has 0 spiro atoms. The van der Waals surface area contributed by atoms with Crippen molar-refractivity contribution in [2.24, 2.45) is 0 Å². The van der Waals surface area contributed by atoms with Gasteiger partial charge in [0.05, 0.1) is 7.11 Å². The van der Waals surface area contributed by atoms with Crippen molar-refractivity contribution in [3.63, 3.8) is 0 Å². The third-order valence-corrected chi connectivity index (χ3v) is 2.28. The van der Waals surface area contributed by atoms with Gasteiger partial charge in [0, 0.05) is 6.92 Å². The van der Waals surface area contributed by atoms with Gasteiger partial charge < -0.3 is 15.2 Å². The molecule has 0 aromatic rings. The molecule has 0 heterocycles. The van der Waals surface area contributed by atoms with Gasteiger partial charge in [0.2, 0.25) is 12.3 Å². The number of hydrogen-bond acceptors (Lipinski definition) is 5. The van der Waals surface area contributed by atoms with Gasteiger partial charge in [0.25, 0.3) is 0 Å². The van der Waals surface area contributed by atoms with Crippen molar-refractivity contribution in [2.75, 3.05) is 19.6 Å². The van der Waals surface area contributed by atoms with Crippen LogP contribution >= 0.6 is 7.80 Å². The Labute approximate surface area is 88.1 Å². The molecule has 0 aromatic carbocycles. The zero-order chi connectivity index (χ0) is 11.8. The fourth-order valence-electron chi connectivity index (χ4n) is 0.736. The van der Waals surface area contributed by atoms with Gasteiger partial charge in [-0.2, -0.15) is 0 Å². The van der Waals surface area contributed by atoms with Gasteiger partial charge in [-0.3, -0.25) is 4.79 Å². The van der Waals surface area contributed by atoms with Crippen LogP contribution in [0.25, 0.3) is 0 Å². The van der Waals surface area contributed by atoms with Crippen LogP contribution in [0, 0.1) is 0 Å². The molecule has 84 valence electrons. The van der Waals surface area contributed by atoms with Gasteiger partial charge in [0.15, 0.2) is 6.16 Å². The van der Waals surface area contributed by atoms with E-state index in [2.05, 4.69) is 10.1 Å². The second kappa shape index (κ2) is 7.09. The number of ether oxygens (including phenoxy) is 1. The maximum absolute atomic E-state index is 11.1. The maximum Gasteiger partial charge on any atom is 0.370 e. The van der Waals surface area contributed by atoms with E-state index in [-0.39, 0.29) is 11.9 Å². The topological polar surface area (TPSA) is 92.7 Å². The van der Waals surface area contributed by atoms with Gasteiger partial charge in [-0.1, -0.05) is 4.57 Å². The highest BCUT2D eigenvalue weighted by Crippen LogP contribution is 2.18. The fourth-order valence-corrected chi connectivity index (χ4v) is 1.24. The van der Waals surface area contributed by atoms with E-state index in [4.69, 9.17) is 5.11 Å². The fraction of sp³-hybridized carbons (Fsp3) is 0.500. The normalized spacial score (nSPS) is 11.9. The van der Waals surface area contributed by atoms with Crippen LogP contribution in [0.1, 0.15) is 6.92 Å². The second-order valence-corrected chi connectivity index (χ2v) is 4.21. The summed E-state index contributed by atoms with van der Waals surface area (Å²) in [5.41, 5.74) is -0.0678. The third kappa shape index (κ3) is 5.93. The van der Waals surface area contributed by atoms with E-state index in [1.54, 1.807) is 0 Å². The highest BCUT2D eigenvalue weighted by Gasteiger charge is 2.15. The molecule has 7 heteroatoms. The minimum Gasteiger partial charge on any atom is -0.464 e. The Morgan fingerprint density at radius 2 is 2.13 bits per heavy atom. The average Bonchev–Trinajstić information content (AvgIpc) is 2.21. The van der Waals surface area contributed by atoms with Gasteiger partial charge in [-0.15, -0.1) is 0 Å². The van der Waals surface area contributed by atoms with E-state index in [1.165, 1.54) is 20.1 Å². The summed E-state index contributed by atoms with van der Waals surface area (Å²) >= 11 is 0. The number of carbonyl (C=O) groups excluding carboxylic acids is 2. The summed E-state index contributed by atoms with van der Waals surface area (Å²) in [4.78, 5) is 21.8. The molecule has 15 heavy (non-hydrogen) atoms. The third-order valence-electron chi connectivity index (χ3n) is 1.37. The zero-order valence-electron chi connectivity index (χ0n) is 8.52. The number of aliphatic hydroxyl groups excluding tert-OH is 1. The van der Waals surface area contributed by atoms with Crippen LogP contribution in [0.3, 0.4) is 0 Å². The molecule has 1 amide bonds. The number of rotatable bonds is 5. The highest BCUT2D eigenvalue weighted by atomic mass is 31.1. The number of amides is 1. The SMILES string of the molecule is COC(=O)C(=CC[P+](=O)CO)NC(C)=O.